The van der Waals surface area contributed by atoms with Gasteiger partial charge in [0.1, 0.15) is 11.6 Å². The number of rotatable bonds is 2. The summed E-state index contributed by atoms with van der Waals surface area (Å²) >= 11 is 6.10. The third kappa shape index (κ3) is 1.92. The highest BCUT2D eigenvalue weighted by atomic mass is 35.5. The summed E-state index contributed by atoms with van der Waals surface area (Å²) in [6, 6.07) is 5.28. The molecule has 6 heteroatoms. The molecule has 3 rings (SSSR count). The number of aromatic nitrogens is 1. The van der Waals surface area contributed by atoms with Crippen LogP contribution in [0.3, 0.4) is 0 Å². The van der Waals surface area contributed by atoms with Crippen molar-refractivity contribution in [2.45, 2.75) is 6.42 Å². The van der Waals surface area contributed by atoms with Gasteiger partial charge in [-0.05, 0) is 23.8 Å². The molecule has 0 unspecified atom stereocenters. The minimum Gasteiger partial charge on any atom is -0.492 e. The van der Waals surface area contributed by atoms with Crippen molar-refractivity contribution >= 4 is 23.3 Å². The molecule has 0 aliphatic carbocycles. The Morgan fingerprint density at radius 2 is 2.16 bits per heavy atom. The second-order valence-corrected chi connectivity index (χ2v) is 4.85. The number of halogens is 1. The fourth-order valence-corrected chi connectivity index (χ4v) is 2.53. The van der Waals surface area contributed by atoms with Crippen LogP contribution in [0.15, 0.2) is 18.2 Å². The van der Waals surface area contributed by atoms with E-state index in [4.69, 9.17) is 27.8 Å². The number of hydrogen-bond donors (Lipinski definition) is 3. The van der Waals surface area contributed by atoms with Crippen molar-refractivity contribution in [3.05, 3.63) is 34.3 Å². The summed E-state index contributed by atoms with van der Waals surface area (Å²) in [7, 11) is 0. The number of aromatic amines is 1. The van der Waals surface area contributed by atoms with Crippen LogP contribution >= 0.6 is 11.6 Å². The van der Waals surface area contributed by atoms with E-state index in [1.165, 1.54) is 0 Å². The number of hydrogen-bond acceptors (Lipinski definition) is 3. The van der Waals surface area contributed by atoms with Crippen LogP contribution in [0.5, 0.6) is 5.75 Å². The minimum absolute atomic E-state index is 0.245. The first-order valence-corrected chi connectivity index (χ1v) is 6.18. The molecule has 5 nitrogen and oxygen atoms in total. The lowest BCUT2D eigenvalue weighted by molar-refractivity contribution is 0.100. The molecule has 0 saturated carbocycles. The number of H-pyrrole nitrogens is 1. The summed E-state index contributed by atoms with van der Waals surface area (Å²) in [5.74, 6) is 0.454. The first kappa shape index (κ1) is 11.9. The lowest BCUT2D eigenvalue weighted by Crippen LogP contribution is -2.11. The van der Waals surface area contributed by atoms with E-state index >= 15 is 0 Å². The van der Waals surface area contributed by atoms with Crippen LogP contribution in [0.25, 0.3) is 11.3 Å². The van der Waals surface area contributed by atoms with E-state index in [0.29, 0.717) is 17.3 Å². The first-order valence-electron chi connectivity index (χ1n) is 5.80. The van der Waals surface area contributed by atoms with Crippen LogP contribution < -0.4 is 16.2 Å². The summed E-state index contributed by atoms with van der Waals surface area (Å²) in [4.78, 5) is 14.2. The van der Waals surface area contributed by atoms with Gasteiger partial charge in [-0.25, -0.2) is 0 Å². The van der Waals surface area contributed by atoms with Crippen LogP contribution in [0, 0.1) is 0 Å². The predicted octanol–water partition coefficient (Wildman–Crippen LogP) is 1.95. The van der Waals surface area contributed by atoms with E-state index < -0.39 is 5.91 Å². The van der Waals surface area contributed by atoms with E-state index in [-0.39, 0.29) is 11.4 Å². The highest BCUT2D eigenvalue weighted by molar-refractivity contribution is 6.31. The number of nitrogen functional groups attached to an aromatic ring is 1. The summed E-state index contributed by atoms with van der Waals surface area (Å²) in [5, 5.41) is 0.619. The van der Waals surface area contributed by atoms with Gasteiger partial charge in [-0.3, -0.25) is 4.79 Å². The molecule has 5 N–H and O–H groups in total. The molecule has 0 fully saturated rings. The molecule has 1 aromatic heterocycles. The number of amides is 1. The number of carbonyl (C=O) groups excluding carboxylic acids is 1. The van der Waals surface area contributed by atoms with Crippen molar-refractivity contribution in [2.75, 3.05) is 12.3 Å². The number of ether oxygens (including phenoxy) is 1. The molecule has 0 bridgehead atoms. The zero-order valence-electron chi connectivity index (χ0n) is 10.00. The maximum Gasteiger partial charge on any atom is 0.252 e. The van der Waals surface area contributed by atoms with Crippen LogP contribution in [0.1, 0.15) is 15.9 Å². The van der Waals surface area contributed by atoms with Crippen molar-refractivity contribution in [3.63, 3.8) is 0 Å². The highest BCUT2D eigenvalue weighted by Crippen LogP contribution is 2.39. The fraction of sp³-hybridized carbons (Fsp3) is 0.154. The van der Waals surface area contributed by atoms with E-state index in [9.17, 15) is 4.79 Å². The number of benzene rings is 1. The molecule has 19 heavy (non-hydrogen) atoms. The minimum atomic E-state index is -0.570. The van der Waals surface area contributed by atoms with Crippen LogP contribution in [-0.4, -0.2) is 17.5 Å². The average Bonchev–Trinajstić information content (AvgIpc) is 2.93. The molecule has 2 heterocycles. The van der Waals surface area contributed by atoms with Gasteiger partial charge in [0.2, 0.25) is 0 Å². The first-order chi connectivity index (χ1) is 9.06. The number of carbonyl (C=O) groups is 1. The van der Waals surface area contributed by atoms with Gasteiger partial charge in [0.15, 0.2) is 0 Å². The Balaban J connectivity index is 2.17. The summed E-state index contributed by atoms with van der Waals surface area (Å²) in [6.07, 6.45) is 0.821. The van der Waals surface area contributed by atoms with Gasteiger partial charge < -0.3 is 21.2 Å². The quantitative estimate of drug-likeness (QED) is 0.783. The zero-order chi connectivity index (χ0) is 13.6. The van der Waals surface area contributed by atoms with Gasteiger partial charge in [0.05, 0.1) is 17.9 Å². The molecule has 1 aliphatic heterocycles. The van der Waals surface area contributed by atoms with Gasteiger partial charge in [-0.15, -0.1) is 0 Å². The van der Waals surface area contributed by atoms with Crippen molar-refractivity contribution in [3.8, 4) is 17.0 Å². The number of fused-ring (bicyclic) bond motifs is 1. The Kier molecular flexibility index (Phi) is 2.64. The zero-order valence-corrected chi connectivity index (χ0v) is 10.8. The molecule has 98 valence electrons. The normalized spacial score (nSPS) is 13.1. The Morgan fingerprint density at radius 1 is 1.37 bits per heavy atom. The summed E-state index contributed by atoms with van der Waals surface area (Å²) < 4.78 is 5.61. The van der Waals surface area contributed by atoms with E-state index in [2.05, 4.69) is 4.98 Å². The maximum atomic E-state index is 11.2. The van der Waals surface area contributed by atoms with Crippen molar-refractivity contribution in [1.82, 2.24) is 4.98 Å². The third-order valence-electron chi connectivity index (χ3n) is 3.15. The second-order valence-electron chi connectivity index (χ2n) is 4.41. The van der Waals surface area contributed by atoms with Crippen molar-refractivity contribution in [2.24, 2.45) is 5.73 Å². The van der Waals surface area contributed by atoms with Gasteiger partial charge in [-0.2, -0.15) is 0 Å². The van der Waals surface area contributed by atoms with E-state index in [1.54, 1.807) is 12.1 Å². The van der Waals surface area contributed by atoms with Gasteiger partial charge in [0.25, 0.3) is 5.91 Å². The molecule has 0 atom stereocenters. The SMILES string of the molecule is NC(=O)c1cc(-c2cc(Cl)cc3c2OCC3)[nH]c1N. The van der Waals surface area contributed by atoms with Crippen molar-refractivity contribution < 1.29 is 9.53 Å². The topological polar surface area (TPSA) is 94.1 Å². The standard InChI is InChI=1S/C13H12ClN3O2/c14-7-3-6-1-2-19-11(6)8(4-7)10-5-9(13(16)18)12(15)17-10/h3-5,17H,1-2,15H2,(H2,16,18). The molecule has 1 aliphatic rings. The molecule has 0 saturated heterocycles. The number of primary amides is 1. The molecule has 0 spiro atoms. The maximum absolute atomic E-state index is 11.2. The van der Waals surface area contributed by atoms with Crippen LogP contribution in [-0.2, 0) is 6.42 Å². The second kappa shape index (κ2) is 4.20. The number of nitrogens with one attached hydrogen (secondary N) is 1. The molecular formula is C13H12ClN3O2. The van der Waals surface area contributed by atoms with Crippen LogP contribution in [0.4, 0.5) is 5.82 Å². The fourth-order valence-electron chi connectivity index (χ4n) is 2.29. The molecule has 1 amide bonds. The molecule has 1 aromatic carbocycles. The predicted molar refractivity (Wildman–Crippen MR) is 73.4 cm³/mol. The van der Waals surface area contributed by atoms with Crippen molar-refractivity contribution in [1.29, 1.82) is 0 Å². The third-order valence-corrected chi connectivity index (χ3v) is 3.37. The highest BCUT2D eigenvalue weighted by Gasteiger charge is 2.21. The lowest BCUT2D eigenvalue weighted by atomic mass is 10.1. The Morgan fingerprint density at radius 3 is 2.84 bits per heavy atom. The largest absolute Gasteiger partial charge is 0.492 e. The Labute approximate surface area is 114 Å². The van der Waals surface area contributed by atoms with Gasteiger partial charge >= 0.3 is 0 Å². The Hall–Kier alpha value is -2.14. The smallest absolute Gasteiger partial charge is 0.252 e. The summed E-state index contributed by atoms with van der Waals surface area (Å²) in [6.45, 7) is 0.627. The molecule has 2 aromatic rings. The van der Waals surface area contributed by atoms with E-state index in [1.807, 2.05) is 6.07 Å². The Bertz CT molecular complexity index is 679. The summed E-state index contributed by atoms with van der Waals surface area (Å²) in [5.41, 5.74) is 13.8. The van der Waals surface area contributed by atoms with Gasteiger partial charge in [-0.1, -0.05) is 11.6 Å². The number of anilines is 1. The monoisotopic (exact) mass is 277 g/mol. The average molecular weight is 278 g/mol. The van der Waals surface area contributed by atoms with Crippen LogP contribution in [0.2, 0.25) is 5.02 Å². The lowest BCUT2D eigenvalue weighted by Gasteiger charge is -2.07. The van der Waals surface area contributed by atoms with E-state index in [0.717, 1.165) is 23.3 Å². The van der Waals surface area contributed by atoms with Gasteiger partial charge in [0, 0.05) is 17.0 Å². The number of nitrogens with two attached hydrogens (primary N) is 2. The molecular weight excluding hydrogens is 266 g/mol. The molecule has 0 radical (unpaired) electrons.